The standard InChI is InChI=1S/C18H14F2N2O3/c1-24-16-8-14(2-3-15(16)17-9-21-10-25-17)22-18(23)6-11-4-12(19)7-13(20)5-11/h2-5,7-10H,6H2,1H3,(H,22,23). The number of hydrogen-bond acceptors (Lipinski definition) is 4. The van der Waals surface area contributed by atoms with Gasteiger partial charge in [0.1, 0.15) is 17.4 Å². The Bertz CT molecular complexity index is 875. The van der Waals surface area contributed by atoms with E-state index in [0.29, 0.717) is 22.8 Å². The van der Waals surface area contributed by atoms with E-state index in [1.54, 1.807) is 24.4 Å². The highest BCUT2D eigenvalue weighted by Gasteiger charge is 2.12. The average Bonchev–Trinajstić information content (AvgIpc) is 3.07. The minimum absolute atomic E-state index is 0.152. The van der Waals surface area contributed by atoms with E-state index in [9.17, 15) is 13.6 Å². The molecule has 1 aromatic heterocycles. The molecule has 0 saturated heterocycles. The number of ether oxygens (including phenoxy) is 1. The van der Waals surface area contributed by atoms with Crippen LogP contribution in [0.25, 0.3) is 11.3 Å². The number of carbonyl (C=O) groups excluding carboxylic acids is 1. The molecule has 1 amide bonds. The number of carbonyl (C=O) groups is 1. The van der Waals surface area contributed by atoms with E-state index in [2.05, 4.69) is 10.3 Å². The van der Waals surface area contributed by atoms with Crippen LogP contribution in [-0.4, -0.2) is 18.0 Å². The van der Waals surface area contributed by atoms with Crippen molar-refractivity contribution in [3.63, 3.8) is 0 Å². The predicted octanol–water partition coefficient (Wildman–Crippen LogP) is 3.81. The third kappa shape index (κ3) is 4.00. The Morgan fingerprint density at radius 2 is 1.96 bits per heavy atom. The van der Waals surface area contributed by atoms with Gasteiger partial charge in [-0.2, -0.15) is 0 Å². The Kier molecular flexibility index (Phi) is 4.74. The van der Waals surface area contributed by atoms with E-state index in [1.165, 1.54) is 13.5 Å². The van der Waals surface area contributed by atoms with Crippen molar-refractivity contribution >= 4 is 11.6 Å². The second kappa shape index (κ2) is 7.12. The smallest absolute Gasteiger partial charge is 0.228 e. The summed E-state index contributed by atoms with van der Waals surface area (Å²) in [6.45, 7) is 0. The molecule has 0 radical (unpaired) electrons. The molecule has 3 aromatic rings. The van der Waals surface area contributed by atoms with Crippen LogP contribution in [-0.2, 0) is 11.2 Å². The third-order valence-electron chi connectivity index (χ3n) is 3.47. The first-order valence-electron chi connectivity index (χ1n) is 7.37. The molecule has 0 saturated carbocycles. The first kappa shape index (κ1) is 16.6. The fraction of sp³-hybridized carbons (Fsp3) is 0.111. The number of anilines is 1. The number of nitrogens with one attached hydrogen (secondary N) is 1. The van der Waals surface area contributed by atoms with E-state index >= 15 is 0 Å². The van der Waals surface area contributed by atoms with Crippen molar-refractivity contribution in [2.75, 3.05) is 12.4 Å². The summed E-state index contributed by atoms with van der Waals surface area (Å²) < 4.78 is 36.9. The minimum Gasteiger partial charge on any atom is -0.496 e. The zero-order valence-electron chi connectivity index (χ0n) is 13.3. The highest BCUT2D eigenvalue weighted by molar-refractivity contribution is 5.93. The molecule has 3 rings (SSSR count). The first-order chi connectivity index (χ1) is 12.0. The van der Waals surface area contributed by atoms with Gasteiger partial charge in [0.2, 0.25) is 5.91 Å². The van der Waals surface area contributed by atoms with Crippen molar-refractivity contribution in [2.45, 2.75) is 6.42 Å². The fourth-order valence-electron chi connectivity index (χ4n) is 2.42. The van der Waals surface area contributed by atoms with Gasteiger partial charge >= 0.3 is 0 Å². The van der Waals surface area contributed by atoms with Gasteiger partial charge in [0.05, 0.1) is 25.3 Å². The lowest BCUT2D eigenvalue weighted by Crippen LogP contribution is -2.14. The van der Waals surface area contributed by atoms with Crippen molar-refractivity contribution in [3.05, 3.63) is 66.2 Å². The van der Waals surface area contributed by atoms with Crippen molar-refractivity contribution in [3.8, 4) is 17.1 Å². The van der Waals surface area contributed by atoms with E-state index in [0.717, 1.165) is 18.2 Å². The van der Waals surface area contributed by atoms with Crippen molar-refractivity contribution in [1.82, 2.24) is 4.98 Å². The molecule has 7 heteroatoms. The van der Waals surface area contributed by atoms with Crippen LogP contribution in [0, 0.1) is 11.6 Å². The molecule has 0 bridgehead atoms. The summed E-state index contributed by atoms with van der Waals surface area (Å²) >= 11 is 0. The molecule has 128 valence electrons. The number of benzene rings is 2. The lowest BCUT2D eigenvalue weighted by Gasteiger charge is -2.10. The minimum atomic E-state index is -0.721. The molecule has 0 aliphatic heterocycles. The van der Waals surface area contributed by atoms with E-state index in [4.69, 9.17) is 9.15 Å². The largest absolute Gasteiger partial charge is 0.496 e. The zero-order chi connectivity index (χ0) is 17.8. The molecule has 2 aromatic carbocycles. The SMILES string of the molecule is COc1cc(NC(=O)Cc2cc(F)cc(F)c2)ccc1-c1cnco1. The number of oxazole rings is 1. The predicted molar refractivity (Wildman–Crippen MR) is 87.2 cm³/mol. The topological polar surface area (TPSA) is 64.4 Å². The number of rotatable bonds is 5. The Morgan fingerprint density at radius 3 is 2.60 bits per heavy atom. The number of nitrogens with zero attached hydrogens (tertiary/aromatic N) is 1. The molecular formula is C18H14F2N2O3. The lowest BCUT2D eigenvalue weighted by molar-refractivity contribution is -0.115. The van der Waals surface area contributed by atoms with Gasteiger partial charge in [-0.25, -0.2) is 13.8 Å². The number of amides is 1. The Balaban J connectivity index is 1.75. The third-order valence-corrected chi connectivity index (χ3v) is 3.47. The molecule has 0 aliphatic rings. The molecule has 0 spiro atoms. The Labute approximate surface area is 142 Å². The van der Waals surface area contributed by atoms with Crippen molar-refractivity contribution in [1.29, 1.82) is 0 Å². The number of methoxy groups -OCH3 is 1. The second-order valence-electron chi connectivity index (χ2n) is 5.28. The van der Waals surface area contributed by atoms with Gasteiger partial charge in [-0.3, -0.25) is 4.79 Å². The van der Waals surface area contributed by atoms with Crippen LogP contribution in [0.5, 0.6) is 5.75 Å². The second-order valence-corrected chi connectivity index (χ2v) is 5.28. The summed E-state index contributed by atoms with van der Waals surface area (Å²) in [5, 5.41) is 2.67. The molecular weight excluding hydrogens is 330 g/mol. The summed E-state index contributed by atoms with van der Waals surface area (Å²) in [5.41, 5.74) is 1.42. The van der Waals surface area contributed by atoms with Gasteiger partial charge in [0.15, 0.2) is 12.2 Å². The Hall–Kier alpha value is -3.22. The van der Waals surface area contributed by atoms with Crippen molar-refractivity contribution < 1.29 is 22.7 Å². The van der Waals surface area contributed by atoms with Crippen LogP contribution in [0.15, 0.2) is 53.4 Å². The molecule has 0 atom stereocenters. The van der Waals surface area contributed by atoms with Gasteiger partial charge in [-0.1, -0.05) is 0 Å². The van der Waals surface area contributed by atoms with E-state index in [1.807, 2.05) is 0 Å². The van der Waals surface area contributed by atoms with Crippen LogP contribution >= 0.6 is 0 Å². The first-order valence-corrected chi connectivity index (χ1v) is 7.37. The maximum atomic E-state index is 13.2. The zero-order valence-corrected chi connectivity index (χ0v) is 13.3. The Morgan fingerprint density at radius 1 is 1.20 bits per heavy atom. The molecule has 1 N–H and O–H groups in total. The summed E-state index contributed by atoms with van der Waals surface area (Å²) in [6, 6.07) is 8.02. The van der Waals surface area contributed by atoms with Gasteiger partial charge < -0.3 is 14.5 Å². The highest BCUT2D eigenvalue weighted by Crippen LogP contribution is 2.32. The monoisotopic (exact) mass is 344 g/mol. The van der Waals surface area contributed by atoms with Crippen LogP contribution in [0.3, 0.4) is 0 Å². The maximum absolute atomic E-state index is 13.2. The van der Waals surface area contributed by atoms with E-state index < -0.39 is 17.5 Å². The normalized spacial score (nSPS) is 10.5. The average molecular weight is 344 g/mol. The van der Waals surface area contributed by atoms with Crippen LogP contribution < -0.4 is 10.1 Å². The maximum Gasteiger partial charge on any atom is 0.228 e. The highest BCUT2D eigenvalue weighted by atomic mass is 19.1. The summed E-state index contributed by atoms with van der Waals surface area (Å²) in [6.07, 6.45) is 2.71. The van der Waals surface area contributed by atoms with E-state index in [-0.39, 0.29) is 12.0 Å². The molecule has 5 nitrogen and oxygen atoms in total. The molecule has 1 heterocycles. The summed E-state index contributed by atoms with van der Waals surface area (Å²) in [4.78, 5) is 15.9. The van der Waals surface area contributed by atoms with Gasteiger partial charge in [-0.15, -0.1) is 0 Å². The summed E-state index contributed by atoms with van der Waals surface area (Å²) in [7, 11) is 1.50. The van der Waals surface area contributed by atoms with Gasteiger partial charge in [-0.05, 0) is 29.8 Å². The van der Waals surface area contributed by atoms with Gasteiger partial charge in [0, 0.05) is 17.8 Å². The van der Waals surface area contributed by atoms with Crippen LogP contribution in [0.2, 0.25) is 0 Å². The summed E-state index contributed by atoms with van der Waals surface area (Å²) in [5.74, 6) is -0.822. The fourth-order valence-corrected chi connectivity index (χ4v) is 2.42. The van der Waals surface area contributed by atoms with Crippen molar-refractivity contribution in [2.24, 2.45) is 0 Å². The molecule has 0 unspecified atom stereocenters. The quantitative estimate of drug-likeness (QED) is 0.764. The van der Waals surface area contributed by atoms with Crippen LogP contribution in [0.1, 0.15) is 5.56 Å². The number of halogens is 2. The van der Waals surface area contributed by atoms with Crippen LogP contribution in [0.4, 0.5) is 14.5 Å². The molecule has 25 heavy (non-hydrogen) atoms. The molecule has 0 aliphatic carbocycles. The number of hydrogen-bond donors (Lipinski definition) is 1. The van der Waals surface area contributed by atoms with Gasteiger partial charge in [0.25, 0.3) is 0 Å². The molecule has 0 fully saturated rings. The lowest BCUT2D eigenvalue weighted by atomic mass is 10.1. The number of aromatic nitrogens is 1.